The Morgan fingerprint density at radius 1 is 1.11 bits per heavy atom. The molecular weight excluding hydrogens is 226 g/mol. The van der Waals surface area contributed by atoms with E-state index in [1.54, 1.807) is 0 Å². The normalized spacial score (nSPS) is 12.7. The molecular formula is C15H25NO2. The van der Waals surface area contributed by atoms with Gasteiger partial charge >= 0.3 is 0 Å². The Morgan fingerprint density at radius 2 is 1.72 bits per heavy atom. The molecule has 1 atom stereocenters. The summed E-state index contributed by atoms with van der Waals surface area (Å²) in [4.78, 5) is 2.33. The first kappa shape index (κ1) is 15.0. The molecule has 0 radical (unpaired) electrons. The molecule has 0 aliphatic heterocycles. The average molecular weight is 251 g/mol. The molecule has 18 heavy (non-hydrogen) atoms. The zero-order valence-corrected chi connectivity index (χ0v) is 11.7. The average Bonchev–Trinajstić information content (AvgIpc) is 2.43. The highest BCUT2D eigenvalue weighted by Crippen LogP contribution is 2.19. The fourth-order valence-corrected chi connectivity index (χ4v) is 1.85. The van der Waals surface area contributed by atoms with Crippen LogP contribution in [0.25, 0.3) is 0 Å². The molecule has 3 nitrogen and oxygen atoms in total. The van der Waals surface area contributed by atoms with Crippen molar-refractivity contribution in [2.45, 2.75) is 33.3 Å². The molecule has 0 amide bonds. The first-order valence-corrected chi connectivity index (χ1v) is 6.84. The largest absolute Gasteiger partial charge is 0.492 e. The van der Waals surface area contributed by atoms with Crippen molar-refractivity contribution in [1.29, 1.82) is 0 Å². The fraction of sp³-hybridized carbons (Fsp3) is 0.600. The number of ether oxygens (including phenoxy) is 1. The van der Waals surface area contributed by atoms with E-state index >= 15 is 0 Å². The van der Waals surface area contributed by atoms with Gasteiger partial charge in [-0.1, -0.05) is 32.9 Å². The van der Waals surface area contributed by atoms with Crippen molar-refractivity contribution in [3.8, 4) is 5.75 Å². The number of rotatable bonds is 8. The molecule has 3 heteroatoms. The van der Waals surface area contributed by atoms with Crippen LogP contribution in [-0.4, -0.2) is 36.2 Å². The third-order valence-corrected chi connectivity index (χ3v) is 3.22. The number of benzene rings is 1. The van der Waals surface area contributed by atoms with Crippen LogP contribution in [-0.2, 0) is 0 Å². The van der Waals surface area contributed by atoms with Gasteiger partial charge in [-0.05, 0) is 37.2 Å². The number of nitrogens with zero attached hydrogens (tertiary/aromatic N) is 1. The van der Waals surface area contributed by atoms with E-state index in [2.05, 4.69) is 18.7 Å². The molecule has 1 aromatic carbocycles. The van der Waals surface area contributed by atoms with Gasteiger partial charge in [0.05, 0.1) is 6.10 Å². The lowest BCUT2D eigenvalue weighted by atomic mass is 10.1. The van der Waals surface area contributed by atoms with Gasteiger partial charge in [0, 0.05) is 6.54 Å². The molecule has 1 aromatic rings. The smallest absolute Gasteiger partial charge is 0.119 e. The van der Waals surface area contributed by atoms with Crippen LogP contribution in [0.5, 0.6) is 5.75 Å². The molecule has 0 saturated heterocycles. The van der Waals surface area contributed by atoms with Gasteiger partial charge in [-0.25, -0.2) is 0 Å². The van der Waals surface area contributed by atoms with Crippen LogP contribution in [0.15, 0.2) is 24.3 Å². The summed E-state index contributed by atoms with van der Waals surface area (Å²) in [5.74, 6) is 0.870. The number of likely N-dealkylation sites (N-methyl/N-ethyl adjacent to an activating group) is 1. The SMILES string of the molecule is CC[C@H](O)c1ccc(OCCN(CC)CC)cc1. The van der Waals surface area contributed by atoms with Crippen molar-refractivity contribution in [3.05, 3.63) is 29.8 Å². The van der Waals surface area contributed by atoms with E-state index < -0.39 is 0 Å². The summed E-state index contributed by atoms with van der Waals surface area (Å²) in [5, 5.41) is 9.69. The predicted molar refractivity (Wildman–Crippen MR) is 75.0 cm³/mol. The fourth-order valence-electron chi connectivity index (χ4n) is 1.85. The lowest BCUT2D eigenvalue weighted by Gasteiger charge is -2.18. The molecule has 1 N–H and O–H groups in total. The van der Waals surface area contributed by atoms with E-state index in [4.69, 9.17) is 4.74 Å². The third kappa shape index (κ3) is 4.67. The van der Waals surface area contributed by atoms with Crippen molar-refractivity contribution in [2.75, 3.05) is 26.2 Å². The zero-order valence-electron chi connectivity index (χ0n) is 11.7. The van der Waals surface area contributed by atoms with Crippen LogP contribution in [0.3, 0.4) is 0 Å². The summed E-state index contributed by atoms with van der Waals surface area (Å²) < 4.78 is 5.69. The van der Waals surface area contributed by atoms with Crippen LogP contribution in [0, 0.1) is 0 Å². The summed E-state index contributed by atoms with van der Waals surface area (Å²) in [6, 6.07) is 7.72. The molecule has 0 unspecified atom stereocenters. The molecule has 0 aliphatic rings. The van der Waals surface area contributed by atoms with Gasteiger partial charge in [-0.3, -0.25) is 0 Å². The van der Waals surface area contributed by atoms with E-state index in [9.17, 15) is 5.11 Å². The summed E-state index contributed by atoms with van der Waals surface area (Å²) >= 11 is 0. The lowest BCUT2D eigenvalue weighted by molar-refractivity contribution is 0.173. The molecule has 0 saturated carbocycles. The van der Waals surface area contributed by atoms with Crippen LogP contribution >= 0.6 is 0 Å². The quantitative estimate of drug-likeness (QED) is 0.771. The Hall–Kier alpha value is -1.06. The van der Waals surface area contributed by atoms with Gasteiger partial charge in [-0.15, -0.1) is 0 Å². The summed E-state index contributed by atoms with van der Waals surface area (Å²) in [5.41, 5.74) is 0.952. The van der Waals surface area contributed by atoms with E-state index in [-0.39, 0.29) is 6.10 Å². The molecule has 102 valence electrons. The Bertz CT molecular complexity index is 320. The van der Waals surface area contributed by atoms with Gasteiger partial charge in [0.15, 0.2) is 0 Å². The zero-order chi connectivity index (χ0) is 13.4. The van der Waals surface area contributed by atoms with Crippen molar-refractivity contribution in [3.63, 3.8) is 0 Å². The minimum atomic E-state index is -0.366. The molecule has 0 fully saturated rings. The topological polar surface area (TPSA) is 32.7 Å². The molecule has 0 spiro atoms. The minimum absolute atomic E-state index is 0.366. The van der Waals surface area contributed by atoms with Gasteiger partial charge in [0.1, 0.15) is 12.4 Å². The Kier molecular flexibility index (Phi) is 6.76. The summed E-state index contributed by atoms with van der Waals surface area (Å²) in [6.45, 7) is 10.1. The van der Waals surface area contributed by atoms with Crippen molar-refractivity contribution < 1.29 is 9.84 Å². The Morgan fingerprint density at radius 3 is 2.22 bits per heavy atom. The molecule has 0 aliphatic carbocycles. The minimum Gasteiger partial charge on any atom is -0.492 e. The summed E-state index contributed by atoms with van der Waals surface area (Å²) in [7, 11) is 0. The van der Waals surface area contributed by atoms with Crippen LogP contribution in [0.2, 0.25) is 0 Å². The van der Waals surface area contributed by atoms with Crippen LogP contribution in [0.1, 0.15) is 38.9 Å². The van der Waals surface area contributed by atoms with Crippen molar-refractivity contribution >= 4 is 0 Å². The lowest BCUT2D eigenvalue weighted by Crippen LogP contribution is -2.27. The first-order valence-electron chi connectivity index (χ1n) is 6.84. The maximum absolute atomic E-state index is 9.69. The van der Waals surface area contributed by atoms with Gasteiger partial charge in [-0.2, -0.15) is 0 Å². The second-order valence-electron chi connectivity index (χ2n) is 4.37. The number of aliphatic hydroxyl groups excluding tert-OH is 1. The highest BCUT2D eigenvalue weighted by molar-refractivity contribution is 5.28. The van der Waals surface area contributed by atoms with E-state index in [1.165, 1.54) is 0 Å². The van der Waals surface area contributed by atoms with Crippen molar-refractivity contribution in [2.24, 2.45) is 0 Å². The van der Waals surface area contributed by atoms with Crippen LogP contribution < -0.4 is 4.74 Å². The second kappa shape index (κ2) is 8.11. The first-order chi connectivity index (χ1) is 8.71. The van der Waals surface area contributed by atoms with Crippen LogP contribution in [0.4, 0.5) is 0 Å². The second-order valence-corrected chi connectivity index (χ2v) is 4.37. The number of hydrogen-bond donors (Lipinski definition) is 1. The van der Waals surface area contributed by atoms with E-state index in [1.807, 2.05) is 31.2 Å². The maximum atomic E-state index is 9.69. The standard InChI is InChI=1S/C15H25NO2/c1-4-15(17)13-7-9-14(10-8-13)18-12-11-16(5-2)6-3/h7-10,15,17H,4-6,11-12H2,1-3H3/t15-/m0/s1. The monoisotopic (exact) mass is 251 g/mol. The van der Waals surface area contributed by atoms with E-state index in [0.29, 0.717) is 6.61 Å². The van der Waals surface area contributed by atoms with Gasteiger partial charge < -0.3 is 14.7 Å². The predicted octanol–water partition coefficient (Wildman–Crippen LogP) is 2.85. The third-order valence-electron chi connectivity index (χ3n) is 3.22. The van der Waals surface area contributed by atoms with Gasteiger partial charge in [0.2, 0.25) is 0 Å². The molecule has 0 aromatic heterocycles. The number of aliphatic hydroxyl groups is 1. The Balaban J connectivity index is 2.39. The number of hydrogen-bond acceptors (Lipinski definition) is 3. The molecule has 0 bridgehead atoms. The van der Waals surface area contributed by atoms with Gasteiger partial charge in [0.25, 0.3) is 0 Å². The summed E-state index contributed by atoms with van der Waals surface area (Å²) in [6.07, 6.45) is 0.372. The Labute approximate surface area is 110 Å². The van der Waals surface area contributed by atoms with Crippen molar-refractivity contribution in [1.82, 2.24) is 4.90 Å². The maximum Gasteiger partial charge on any atom is 0.119 e. The molecule has 1 rings (SSSR count). The highest BCUT2D eigenvalue weighted by Gasteiger charge is 2.04. The van der Waals surface area contributed by atoms with E-state index in [0.717, 1.165) is 37.4 Å². The molecule has 0 heterocycles. The highest BCUT2D eigenvalue weighted by atomic mass is 16.5.